The van der Waals surface area contributed by atoms with E-state index in [1.54, 1.807) is 0 Å². The van der Waals surface area contributed by atoms with Crippen molar-refractivity contribution in [3.8, 4) is 0 Å². The second-order valence-corrected chi connectivity index (χ2v) is 5.84. The van der Waals surface area contributed by atoms with Crippen LogP contribution in [-0.4, -0.2) is 19.6 Å². The molecule has 0 saturated carbocycles. The van der Waals surface area contributed by atoms with Crippen LogP contribution in [0, 0.1) is 5.92 Å². The Morgan fingerprint density at radius 1 is 1.05 bits per heavy atom. The summed E-state index contributed by atoms with van der Waals surface area (Å²) in [7, 11) is 0. The van der Waals surface area contributed by atoms with Crippen molar-refractivity contribution in [1.82, 2.24) is 0 Å². The van der Waals surface area contributed by atoms with Crippen molar-refractivity contribution < 1.29 is 0 Å². The van der Waals surface area contributed by atoms with E-state index < -0.39 is 0 Å². The van der Waals surface area contributed by atoms with Gasteiger partial charge < -0.3 is 16.4 Å². The van der Waals surface area contributed by atoms with Crippen LogP contribution in [0.1, 0.15) is 17.9 Å². The molecule has 1 fully saturated rings. The maximum Gasteiger partial charge on any atom is 0.0367 e. The number of rotatable bonds is 4. The van der Waals surface area contributed by atoms with Crippen LogP contribution in [0.4, 0.5) is 11.4 Å². The molecule has 4 N–H and O–H groups in total. The van der Waals surface area contributed by atoms with Gasteiger partial charge >= 0.3 is 0 Å². The molecular weight excluding hydrogens is 258 g/mol. The highest BCUT2D eigenvalue weighted by Crippen LogP contribution is 2.33. The third-order valence-electron chi connectivity index (χ3n) is 4.53. The lowest BCUT2D eigenvalue weighted by Gasteiger charge is -2.24. The second kappa shape index (κ2) is 6.19. The summed E-state index contributed by atoms with van der Waals surface area (Å²) in [5.41, 5.74) is 15.3. The quantitative estimate of drug-likeness (QED) is 0.847. The number of anilines is 2. The fourth-order valence-corrected chi connectivity index (χ4v) is 3.34. The first-order valence-corrected chi connectivity index (χ1v) is 7.63. The Morgan fingerprint density at radius 3 is 2.43 bits per heavy atom. The lowest BCUT2D eigenvalue weighted by molar-refractivity contribution is 0.468. The number of benzene rings is 2. The highest BCUT2D eigenvalue weighted by Gasteiger charge is 2.29. The Hall–Kier alpha value is -2.00. The van der Waals surface area contributed by atoms with Crippen LogP contribution in [-0.2, 0) is 0 Å². The molecule has 2 aromatic carbocycles. The van der Waals surface area contributed by atoms with Crippen LogP contribution in [0.5, 0.6) is 0 Å². The molecule has 1 aliphatic heterocycles. The molecule has 0 radical (unpaired) electrons. The van der Waals surface area contributed by atoms with E-state index in [0.29, 0.717) is 18.4 Å². The van der Waals surface area contributed by atoms with Gasteiger partial charge in [0.25, 0.3) is 0 Å². The summed E-state index contributed by atoms with van der Waals surface area (Å²) >= 11 is 0. The molecule has 2 aromatic rings. The molecular formula is C18H23N3. The zero-order valence-electron chi connectivity index (χ0n) is 12.3. The number of nitrogens with two attached hydrogens (primary N) is 2. The molecule has 2 atom stereocenters. The zero-order chi connectivity index (χ0) is 14.7. The first kappa shape index (κ1) is 14.0. The van der Waals surface area contributed by atoms with Gasteiger partial charge in [0, 0.05) is 30.4 Å². The predicted molar refractivity (Wildman–Crippen MR) is 89.4 cm³/mol. The largest absolute Gasteiger partial charge is 0.399 e. The highest BCUT2D eigenvalue weighted by atomic mass is 15.2. The fourth-order valence-electron chi connectivity index (χ4n) is 3.34. The molecule has 1 saturated heterocycles. The van der Waals surface area contributed by atoms with E-state index in [1.807, 2.05) is 12.1 Å². The smallest absolute Gasteiger partial charge is 0.0367 e. The minimum Gasteiger partial charge on any atom is -0.399 e. The van der Waals surface area contributed by atoms with E-state index in [9.17, 15) is 0 Å². The van der Waals surface area contributed by atoms with Crippen LogP contribution in [0.3, 0.4) is 0 Å². The van der Waals surface area contributed by atoms with E-state index >= 15 is 0 Å². The minimum atomic E-state index is 0.449. The van der Waals surface area contributed by atoms with Gasteiger partial charge in [-0.2, -0.15) is 0 Å². The molecule has 0 aromatic heterocycles. The molecule has 0 aliphatic carbocycles. The van der Waals surface area contributed by atoms with E-state index in [1.165, 1.54) is 17.7 Å². The van der Waals surface area contributed by atoms with Crippen LogP contribution in [0.15, 0.2) is 54.6 Å². The molecule has 1 heterocycles. The van der Waals surface area contributed by atoms with Gasteiger partial charge in [0.05, 0.1) is 0 Å². The molecule has 0 bridgehead atoms. The van der Waals surface area contributed by atoms with Gasteiger partial charge in [0.2, 0.25) is 0 Å². The Balaban J connectivity index is 1.72. The zero-order valence-corrected chi connectivity index (χ0v) is 12.3. The molecule has 21 heavy (non-hydrogen) atoms. The van der Waals surface area contributed by atoms with Gasteiger partial charge in [-0.1, -0.05) is 30.3 Å². The van der Waals surface area contributed by atoms with Gasteiger partial charge in [0.15, 0.2) is 0 Å². The van der Waals surface area contributed by atoms with Crippen molar-refractivity contribution >= 4 is 11.4 Å². The van der Waals surface area contributed by atoms with Gasteiger partial charge in [-0.05, 0) is 48.7 Å². The van der Waals surface area contributed by atoms with Crippen molar-refractivity contribution in [2.75, 3.05) is 30.3 Å². The molecule has 2 unspecified atom stereocenters. The number of hydrogen-bond donors (Lipinski definition) is 2. The van der Waals surface area contributed by atoms with Crippen LogP contribution in [0.25, 0.3) is 0 Å². The molecule has 3 rings (SSSR count). The molecule has 3 nitrogen and oxygen atoms in total. The summed E-state index contributed by atoms with van der Waals surface area (Å²) in [6, 6.07) is 18.8. The summed E-state index contributed by atoms with van der Waals surface area (Å²) in [6.45, 7) is 2.88. The van der Waals surface area contributed by atoms with Crippen molar-refractivity contribution in [2.45, 2.75) is 12.3 Å². The van der Waals surface area contributed by atoms with Gasteiger partial charge in [-0.15, -0.1) is 0 Å². The summed E-state index contributed by atoms with van der Waals surface area (Å²) in [5, 5.41) is 0. The topological polar surface area (TPSA) is 55.3 Å². The Bertz CT molecular complexity index is 565. The Kier molecular flexibility index (Phi) is 4.11. The van der Waals surface area contributed by atoms with Gasteiger partial charge in [-0.3, -0.25) is 0 Å². The van der Waals surface area contributed by atoms with E-state index in [0.717, 1.165) is 18.8 Å². The second-order valence-electron chi connectivity index (χ2n) is 5.84. The molecule has 0 amide bonds. The average Bonchev–Trinajstić information content (AvgIpc) is 2.99. The molecule has 3 heteroatoms. The average molecular weight is 281 g/mol. The molecule has 1 aliphatic rings. The number of nitrogens with zero attached hydrogens (tertiary/aromatic N) is 1. The maximum atomic E-state index is 6.05. The van der Waals surface area contributed by atoms with E-state index in [-0.39, 0.29) is 0 Å². The highest BCUT2D eigenvalue weighted by molar-refractivity contribution is 5.53. The summed E-state index contributed by atoms with van der Waals surface area (Å²) in [6.07, 6.45) is 1.20. The van der Waals surface area contributed by atoms with E-state index in [4.69, 9.17) is 11.5 Å². The van der Waals surface area contributed by atoms with Crippen LogP contribution in [0.2, 0.25) is 0 Å². The first-order valence-electron chi connectivity index (χ1n) is 7.63. The van der Waals surface area contributed by atoms with Crippen molar-refractivity contribution in [3.63, 3.8) is 0 Å². The van der Waals surface area contributed by atoms with Gasteiger partial charge in [0.1, 0.15) is 0 Å². The lowest BCUT2D eigenvalue weighted by atomic mass is 9.85. The summed E-state index contributed by atoms with van der Waals surface area (Å²) in [4.78, 5) is 2.44. The SMILES string of the molecule is NCC(c1ccccc1)C1CCN(c2ccc(N)cc2)C1. The normalized spacial score (nSPS) is 19.7. The third kappa shape index (κ3) is 3.03. The number of hydrogen-bond acceptors (Lipinski definition) is 3. The number of nitrogen functional groups attached to an aromatic ring is 1. The lowest BCUT2D eigenvalue weighted by Crippen LogP contribution is -2.25. The van der Waals surface area contributed by atoms with E-state index in [2.05, 4.69) is 47.4 Å². The Labute approximate surface area is 126 Å². The van der Waals surface area contributed by atoms with Crippen molar-refractivity contribution in [3.05, 3.63) is 60.2 Å². The van der Waals surface area contributed by atoms with Crippen LogP contribution >= 0.6 is 0 Å². The van der Waals surface area contributed by atoms with Crippen molar-refractivity contribution in [1.29, 1.82) is 0 Å². The standard InChI is InChI=1S/C18H23N3/c19-12-18(14-4-2-1-3-5-14)15-10-11-21(13-15)17-8-6-16(20)7-9-17/h1-9,15,18H,10-13,19-20H2. The summed E-state index contributed by atoms with van der Waals surface area (Å²) in [5.74, 6) is 1.07. The third-order valence-corrected chi connectivity index (χ3v) is 4.53. The predicted octanol–water partition coefficient (Wildman–Crippen LogP) is 2.84. The Morgan fingerprint density at radius 2 is 1.76 bits per heavy atom. The fraction of sp³-hybridized carbons (Fsp3) is 0.333. The van der Waals surface area contributed by atoms with Crippen LogP contribution < -0.4 is 16.4 Å². The van der Waals surface area contributed by atoms with Gasteiger partial charge in [-0.25, -0.2) is 0 Å². The van der Waals surface area contributed by atoms with Crippen molar-refractivity contribution in [2.24, 2.45) is 11.7 Å². The monoisotopic (exact) mass is 281 g/mol. The maximum absolute atomic E-state index is 6.05. The molecule has 0 spiro atoms. The summed E-state index contributed by atoms with van der Waals surface area (Å²) < 4.78 is 0. The molecule has 110 valence electrons. The first-order chi connectivity index (χ1) is 10.3. The minimum absolute atomic E-state index is 0.449.